The minimum absolute atomic E-state index is 0.171. The van der Waals surface area contributed by atoms with Gasteiger partial charge in [-0.2, -0.15) is 0 Å². The van der Waals surface area contributed by atoms with Crippen molar-refractivity contribution >= 4 is 33.3 Å². The molecule has 0 aliphatic carbocycles. The molecule has 3 rings (SSSR count). The lowest BCUT2D eigenvalue weighted by atomic mass is 9.86. The minimum atomic E-state index is -0.961. The molecule has 7 heteroatoms. The van der Waals surface area contributed by atoms with E-state index < -0.39 is 5.60 Å². The van der Waals surface area contributed by atoms with E-state index in [1.807, 2.05) is 29.6 Å². The van der Waals surface area contributed by atoms with Crippen LogP contribution in [-0.4, -0.2) is 34.1 Å². The first-order chi connectivity index (χ1) is 11.0. The molecule has 2 heterocycles. The van der Waals surface area contributed by atoms with Crippen LogP contribution in [0.25, 0.3) is 0 Å². The molecule has 2 amide bonds. The maximum absolute atomic E-state index is 12.1. The lowest BCUT2D eigenvalue weighted by molar-refractivity contribution is -0.0816. The van der Waals surface area contributed by atoms with Gasteiger partial charge < -0.3 is 15.3 Å². The zero-order valence-electron chi connectivity index (χ0n) is 12.8. The van der Waals surface area contributed by atoms with E-state index in [1.165, 1.54) is 0 Å². The smallest absolute Gasteiger partial charge is 0.317 e. The third-order valence-electron chi connectivity index (χ3n) is 3.88. The Morgan fingerprint density at radius 2 is 2.30 bits per heavy atom. The number of likely N-dealkylation sites (tertiary alicyclic amines) is 1. The van der Waals surface area contributed by atoms with Gasteiger partial charge in [0.15, 0.2) is 0 Å². The number of benzene rings is 1. The molecule has 1 aliphatic rings. The largest absolute Gasteiger partial charge is 0.381 e. The number of carbonyl (C=O) groups is 1. The number of amides is 2. The van der Waals surface area contributed by atoms with Crippen LogP contribution < -0.4 is 5.32 Å². The van der Waals surface area contributed by atoms with E-state index in [0.717, 1.165) is 27.2 Å². The summed E-state index contributed by atoms with van der Waals surface area (Å²) in [6.45, 7) is 3.07. The summed E-state index contributed by atoms with van der Waals surface area (Å²) in [7, 11) is 0. The van der Waals surface area contributed by atoms with Crippen molar-refractivity contribution in [2.45, 2.75) is 25.5 Å². The first-order valence-electron chi connectivity index (χ1n) is 7.44. The number of urea groups is 1. The van der Waals surface area contributed by atoms with Crippen LogP contribution in [0.2, 0.25) is 0 Å². The summed E-state index contributed by atoms with van der Waals surface area (Å²) in [5.74, 6) is 0. The van der Waals surface area contributed by atoms with Gasteiger partial charge >= 0.3 is 6.03 Å². The van der Waals surface area contributed by atoms with Gasteiger partial charge in [0.05, 0.1) is 30.3 Å². The van der Waals surface area contributed by atoms with Crippen molar-refractivity contribution in [1.29, 1.82) is 0 Å². The van der Waals surface area contributed by atoms with E-state index in [2.05, 4.69) is 33.2 Å². The highest BCUT2D eigenvalue weighted by Gasteiger charge is 2.45. The number of halogens is 1. The van der Waals surface area contributed by atoms with Crippen molar-refractivity contribution in [2.75, 3.05) is 13.1 Å². The molecule has 0 bridgehead atoms. The molecular formula is C16H18BrN3O2S. The van der Waals surface area contributed by atoms with Gasteiger partial charge in [0.25, 0.3) is 0 Å². The van der Waals surface area contributed by atoms with E-state index >= 15 is 0 Å². The third kappa shape index (κ3) is 3.57. The van der Waals surface area contributed by atoms with Gasteiger partial charge in [-0.15, -0.1) is 11.3 Å². The topological polar surface area (TPSA) is 65.5 Å². The highest BCUT2D eigenvalue weighted by atomic mass is 79.9. The molecule has 2 aromatic rings. The summed E-state index contributed by atoms with van der Waals surface area (Å²) in [6.07, 6.45) is 0.907. The summed E-state index contributed by atoms with van der Waals surface area (Å²) >= 11 is 5.01. The maximum atomic E-state index is 12.1. The van der Waals surface area contributed by atoms with E-state index in [4.69, 9.17) is 0 Å². The van der Waals surface area contributed by atoms with Crippen LogP contribution >= 0.6 is 27.3 Å². The van der Waals surface area contributed by atoms with Crippen LogP contribution in [0.4, 0.5) is 4.79 Å². The molecule has 1 aromatic carbocycles. The van der Waals surface area contributed by atoms with Crippen molar-refractivity contribution < 1.29 is 9.90 Å². The van der Waals surface area contributed by atoms with Crippen molar-refractivity contribution in [3.8, 4) is 0 Å². The molecule has 122 valence electrons. The number of hydrogen-bond donors (Lipinski definition) is 2. The number of rotatable bonds is 4. The standard InChI is InChI=1S/C16H18BrN3O2S/c1-2-14-19-13(8-23-14)7-18-15(21)20-9-16(22,10-20)11-4-3-5-12(17)6-11/h3-6,8,22H,2,7,9-10H2,1H3,(H,18,21). The van der Waals surface area contributed by atoms with Crippen molar-refractivity contribution in [3.05, 3.63) is 50.4 Å². The molecule has 0 saturated carbocycles. The summed E-state index contributed by atoms with van der Waals surface area (Å²) in [4.78, 5) is 18.2. The number of aromatic nitrogens is 1. The Hall–Kier alpha value is -1.44. The van der Waals surface area contributed by atoms with Crippen LogP contribution in [0, 0.1) is 0 Å². The summed E-state index contributed by atoms with van der Waals surface area (Å²) in [5, 5.41) is 16.5. The van der Waals surface area contributed by atoms with Crippen molar-refractivity contribution in [2.24, 2.45) is 0 Å². The SMILES string of the molecule is CCc1nc(CNC(=O)N2CC(O)(c3cccc(Br)c3)C2)cs1. The number of nitrogens with zero attached hydrogens (tertiary/aromatic N) is 2. The van der Waals surface area contributed by atoms with Gasteiger partial charge in [-0.1, -0.05) is 35.0 Å². The Morgan fingerprint density at radius 3 is 2.96 bits per heavy atom. The van der Waals surface area contributed by atoms with Gasteiger partial charge in [0, 0.05) is 9.85 Å². The number of β-amino-alcohol motifs (C(OH)–C–C–N with tert-alkyl or cyclic N) is 1. The van der Waals surface area contributed by atoms with Crippen LogP contribution in [0.3, 0.4) is 0 Å². The predicted molar refractivity (Wildman–Crippen MR) is 93.3 cm³/mol. The fraction of sp³-hybridized carbons (Fsp3) is 0.375. The molecule has 1 saturated heterocycles. The number of nitrogens with one attached hydrogen (secondary N) is 1. The fourth-order valence-corrected chi connectivity index (χ4v) is 3.70. The highest BCUT2D eigenvalue weighted by Crippen LogP contribution is 2.33. The van der Waals surface area contributed by atoms with E-state index in [1.54, 1.807) is 16.2 Å². The first kappa shape index (κ1) is 16.4. The van der Waals surface area contributed by atoms with Gasteiger partial charge in [0.2, 0.25) is 0 Å². The molecule has 1 aromatic heterocycles. The average Bonchev–Trinajstić information content (AvgIpc) is 2.97. The second-order valence-electron chi connectivity index (χ2n) is 5.64. The minimum Gasteiger partial charge on any atom is -0.381 e. The summed E-state index contributed by atoms with van der Waals surface area (Å²) in [5.41, 5.74) is 0.739. The predicted octanol–water partition coefficient (Wildman–Crippen LogP) is 2.88. The van der Waals surface area contributed by atoms with Gasteiger partial charge in [0.1, 0.15) is 5.60 Å². The zero-order valence-corrected chi connectivity index (χ0v) is 15.2. The molecule has 2 N–H and O–H groups in total. The monoisotopic (exact) mass is 395 g/mol. The van der Waals surface area contributed by atoms with E-state index in [-0.39, 0.29) is 6.03 Å². The molecule has 1 aliphatic heterocycles. The Morgan fingerprint density at radius 1 is 1.52 bits per heavy atom. The van der Waals surface area contributed by atoms with Crippen LogP contribution in [0.5, 0.6) is 0 Å². The quantitative estimate of drug-likeness (QED) is 0.836. The van der Waals surface area contributed by atoms with Gasteiger partial charge in [-0.05, 0) is 24.1 Å². The van der Waals surface area contributed by atoms with E-state index in [9.17, 15) is 9.90 Å². The Bertz CT molecular complexity index is 713. The number of aliphatic hydroxyl groups is 1. The maximum Gasteiger partial charge on any atom is 0.317 e. The lowest BCUT2D eigenvalue weighted by Crippen LogP contribution is -2.63. The average molecular weight is 396 g/mol. The Kier molecular flexibility index (Phi) is 4.70. The highest BCUT2D eigenvalue weighted by molar-refractivity contribution is 9.10. The summed E-state index contributed by atoms with van der Waals surface area (Å²) < 4.78 is 0.918. The third-order valence-corrected chi connectivity index (χ3v) is 5.41. The molecule has 23 heavy (non-hydrogen) atoms. The van der Waals surface area contributed by atoms with Crippen LogP contribution in [0.15, 0.2) is 34.1 Å². The second-order valence-corrected chi connectivity index (χ2v) is 7.50. The normalized spacial score (nSPS) is 16.0. The van der Waals surface area contributed by atoms with Gasteiger partial charge in [-0.25, -0.2) is 9.78 Å². The fourth-order valence-electron chi connectivity index (χ4n) is 2.56. The Labute approximate surface area is 147 Å². The molecule has 1 fully saturated rings. The number of thiazole rings is 1. The molecule has 0 spiro atoms. The molecule has 0 radical (unpaired) electrons. The molecule has 5 nitrogen and oxygen atoms in total. The number of hydrogen-bond acceptors (Lipinski definition) is 4. The summed E-state index contributed by atoms with van der Waals surface area (Å²) in [6, 6.07) is 7.39. The number of aryl methyl sites for hydroxylation is 1. The van der Waals surface area contributed by atoms with Crippen molar-refractivity contribution in [1.82, 2.24) is 15.2 Å². The van der Waals surface area contributed by atoms with E-state index in [0.29, 0.717) is 19.6 Å². The second kappa shape index (κ2) is 6.59. The Balaban J connectivity index is 1.53. The van der Waals surface area contributed by atoms with Crippen molar-refractivity contribution in [3.63, 3.8) is 0 Å². The van der Waals surface area contributed by atoms with Crippen LogP contribution in [0.1, 0.15) is 23.2 Å². The first-order valence-corrected chi connectivity index (χ1v) is 9.12. The molecule has 0 atom stereocenters. The molecular weight excluding hydrogens is 378 g/mol. The number of carbonyl (C=O) groups excluding carboxylic acids is 1. The van der Waals surface area contributed by atoms with Gasteiger partial charge in [-0.3, -0.25) is 0 Å². The zero-order chi connectivity index (χ0) is 16.4. The lowest BCUT2D eigenvalue weighted by Gasteiger charge is -2.46. The van der Waals surface area contributed by atoms with Crippen LogP contribution in [-0.2, 0) is 18.6 Å². The molecule has 0 unspecified atom stereocenters.